The Balaban J connectivity index is 1.39. The second kappa shape index (κ2) is 8.12. The van der Waals surface area contributed by atoms with Crippen molar-refractivity contribution in [1.29, 1.82) is 0 Å². The molecule has 2 aromatic heterocycles. The molecule has 0 atom stereocenters. The number of piperazine rings is 1. The van der Waals surface area contributed by atoms with E-state index in [1.54, 1.807) is 0 Å². The third kappa shape index (κ3) is 4.32. The number of aryl methyl sites for hydroxylation is 1. The first-order chi connectivity index (χ1) is 13.2. The molecular formula is C19H26N6OS. The van der Waals surface area contributed by atoms with Crippen molar-refractivity contribution in [3.8, 4) is 0 Å². The highest BCUT2D eigenvalue weighted by Gasteiger charge is 2.23. The summed E-state index contributed by atoms with van der Waals surface area (Å²) in [5.41, 5.74) is 0.999. The highest BCUT2D eigenvalue weighted by atomic mass is 32.1. The Morgan fingerprint density at radius 2 is 1.81 bits per heavy atom. The first kappa shape index (κ1) is 18.0. The van der Waals surface area contributed by atoms with Gasteiger partial charge in [-0.05, 0) is 43.7 Å². The lowest BCUT2D eigenvalue weighted by molar-refractivity contribution is 0.208. The van der Waals surface area contributed by atoms with Gasteiger partial charge in [-0.15, -0.1) is 11.3 Å². The molecule has 2 aliphatic rings. The maximum absolute atomic E-state index is 12.4. The number of nitrogens with one attached hydrogen (secondary N) is 1. The van der Waals surface area contributed by atoms with E-state index in [4.69, 9.17) is 4.98 Å². The third-order valence-corrected chi connectivity index (χ3v) is 5.90. The first-order valence-electron chi connectivity index (χ1n) is 9.64. The van der Waals surface area contributed by atoms with E-state index in [2.05, 4.69) is 26.2 Å². The number of hydrogen-bond donors (Lipinski definition) is 1. The van der Waals surface area contributed by atoms with Crippen LogP contribution in [0.5, 0.6) is 0 Å². The Bertz CT molecular complexity index is 767. The molecule has 2 aromatic rings. The number of nitrogens with zero attached hydrogens (tertiary/aromatic N) is 5. The van der Waals surface area contributed by atoms with Crippen molar-refractivity contribution in [3.63, 3.8) is 0 Å². The van der Waals surface area contributed by atoms with Crippen molar-refractivity contribution in [2.75, 3.05) is 54.4 Å². The number of aromatic nitrogens is 2. The smallest absolute Gasteiger partial charge is 0.322 e. The minimum Gasteiger partial charge on any atom is -0.353 e. The highest BCUT2D eigenvalue weighted by molar-refractivity contribution is 7.14. The van der Waals surface area contributed by atoms with Crippen molar-refractivity contribution in [3.05, 3.63) is 29.3 Å². The molecule has 144 valence electrons. The fraction of sp³-hybridized carbons (Fsp3) is 0.526. The van der Waals surface area contributed by atoms with Gasteiger partial charge in [-0.25, -0.2) is 9.78 Å². The Hall–Kier alpha value is -2.35. The lowest BCUT2D eigenvalue weighted by Gasteiger charge is -2.36. The van der Waals surface area contributed by atoms with E-state index >= 15 is 0 Å². The highest BCUT2D eigenvalue weighted by Crippen LogP contribution is 2.22. The summed E-state index contributed by atoms with van der Waals surface area (Å²) in [6, 6.07) is 5.89. The number of urea groups is 1. The van der Waals surface area contributed by atoms with E-state index in [0.717, 1.165) is 48.6 Å². The Kier molecular flexibility index (Phi) is 5.42. The summed E-state index contributed by atoms with van der Waals surface area (Å²) in [6.07, 6.45) is 3.72. The molecule has 4 rings (SSSR count). The Morgan fingerprint density at radius 3 is 2.52 bits per heavy atom. The van der Waals surface area contributed by atoms with Gasteiger partial charge in [0.15, 0.2) is 0 Å². The lowest BCUT2D eigenvalue weighted by Crippen LogP contribution is -2.50. The molecule has 8 heteroatoms. The zero-order chi connectivity index (χ0) is 18.6. The monoisotopic (exact) mass is 386 g/mol. The summed E-state index contributed by atoms with van der Waals surface area (Å²) in [4.78, 5) is 28.3. The van der Waals surface area contributed by atoms with Crippen molar-refractivity contribution in [2.45, 2.75) is 26.2 Å². The molecule has 2 aliphatic heterocycles. The predicted octanol–water partition coefficient (Wildman–Crippen LogP) is 3.19. The molecule has 7 nitrogen and oxygen atoms in total. The Morgan fingerprint density at radius 1 is 1.04 bits per heavy atom. The van der Waals surface area contributed by atoms with Crippen molar-refractivity contribution in [1.82, 2.24) is 14.9 Å². The molecule has 0 saturated carbocycles. The van der Waals surface area contributed by atoms with Crippen molar-refractivity contribution in [2.24, 2.45) is 0 Å². The van der Waals surface area contributed by atoms with Gasteiger partial charge in [0, 0.05) is 51.0 Å². The SMILES string of the molecule is Cc1cc(N2CCN(C(=O)Nc3cccs3)CC2)nc(N2CCCCC2)n1. The first-order valence-corrected chi connectivity index (χ1v) is 10.5. The van der Waals surface area contributed by atoms with E-state index in [0.29, 0.717) is 13.1 Å². The minimum atomic E-state index is -0.0232. The van der Waals surface area contributed by atoms with Crippen LogP contribution in [-0.2, 0) is 0 Å². The average Bonchev–Trinajstić information content (AvgIpc) is 3.21. The number of carbonyl (C=O) groups excluding carboxylic acids is 1. The fourth-order valence-corrected chi connectivity index (χ4v) is 4.21. The van der Waals surface area contributed by atoms with E-state index in [1.165, 1.54) is 30.6 Å². The van der Waals surface area contributed by atoms with Gasteiger partial charge < -0.3 is 14.7 Å². The molecule has 0 aromatic carbocycles. The number of carbonyl (C=O) groups is 1. The van der Waals surface area contributed by atoms with E-state index in [9.17, 15) is 4.79 Å². The quantitative estimate of drug-likeness (QED) is 0.878. The van der Waals surface area contributed by atoms with E-state index in [1.807, 2.05) is 29.3 Å². The number of anilines is 3. The van der Waals surface area contributed by atoms with Crippen LogP contribution in [0.3, 0.4) is 0 Å². The molecule has 0 bridgehead atoms. The number of thiophene rings is 1. The maximum atomic E-state index is 12.4. The number of rotatable bonds is 3. The zero-order valence-corrected chi connectivity index (χ0v) is 16.5. The summed E-state index contributed by atoms with van der Waals surface area (Å²) >= 11 is 1.54. The molecule has 0 spiro atoms. The molecule has 1 N–H and O–H groups in total. The second-order valence-electron chi connectivity index (χ2n) is 7.10. The zero-order valence-electron chi connectivity index (χ0n) is 15.7. The maximum Gasteiger partial charge on any atom is 0.322 e. The second-order valence-corrected chi connectivity index (χ2v) is 8.04. The summed E-state index contributed by atoms with van der Waals surface area (Å²) in [5.74, 6) is 1.82. The third-order valence-electron chi connectivity index (χ3n) is 5.11. The molecular weight excluding hydrogens is 360 g/mol. The number of hydrogen-bond acceptors (Lipinski definition) is 6. The van der Waals surface area contributed by atoms with Crippen LogP contribution in [0.15, 0.2) is 23.6 Å². The molecule has 27 heavy (non-hydrogen) atoms. The normalized spacial score (nSPS) is 17.9. The molecule has 0 aliphatic carbocycles. The molecule has 0 unspecified atom stereocenters. The summed E-state index contributed by atoms with van der Waals surface area (Å²) in [5, 5.41) is 5.81. The van der Waals surface area contributed by atoms with Crippen LogP contribution in [0, 0.1) is 6.92 Å². The van der Waals surface area contributed by atoms with Crippen LogP contribution in [0.1, 0.15) is 25.0 Å². The largest absolute Gasteiger partial charge is 0.353 e. The summed E-state index contributed by atoms with van der Waals surface area (Å²) < 4.78 is 0. The molecule has 2 fully saturated rings. The predicted molar refractivity (Wildman–Crippen MR) is 110 cm³/mol. The van der Waals surface area contributed by atoms with Gasteiger partial charge in [-0.3, -0.25) is 5.32 Å². The van der Waals surface area contributed by atoms with Gasteiger partial charge in [0.05, 0.1) is 5.00 Å². The van der Waals surface area contributed by atoms with Crippen LogP contribution in [-0.4, -0.2) is 60.2 Å². The van der Waals surface area contributed by atoms with Gasteiger partial charge in [0.1, 0.15) is 5.82 Å². The topological polar surface area (TPSA) is 64.6 Å². The fourth-order valence-electron chi connectivity index (χ4n) is 3.61. The average molecular weight is 387 g/mol. The summed E-state index contributed by atoms with van der Waals surface area (Å²) in [7, 11) is 0. The number of piperidine rings is 1. The number of amides is 2. The van der Waals surface area contributed by atoms with Gasteiger partial charge in [0.2, 0.25) is 5.95 Å². The van der Waals surface area contributed by atoms with E-state index in [-0.39, 0.29) is 6.03 Å². The van der Waals surface area contributed by atoms with Gasteiger partial charge in [-0.1, -0.05) is 0 Å². The summed E-state index contributed by atoms with van der Waals surface area (Å²) in [6.45, 7) is 7.07. The van der Waals surface area contributed by atoms with Crippen LogP contribution < -0.4 is 15.1 Å². The van der Waals surface area contributed by atoms with Gasteiger partial charge in [0.25, 0.3) is 0 Å². The molecule has 4 heterocycles. The van der Waals surface area contributed by atoms with Gasteiger partial charge >= 0.3 is 6.03 Å². The van der Waals surface area contributed by atoms with Crippen LogP contribution in [0.25, 0.3) is 0 Å². The molecule has 2 amide bonds. The molecule has 2 saturated heterocycles. The van der Waals surface area contributed by atoms with Crippen LogP contribution in [0.4, 0.5) is 21.6 Å². The Labute approximate surface area is 164 Å². The minimum absolute atomic E-state index is 0.0232. The lowest BCUT2D eigenvalue weighted by atomic mass is 10.1. The standard InChI is InChI=1S/C19H26N6OS/c1-15-14-16(21-18(20-15)24-7-3-2-4-8-24)23-9-11-25(12-10-23)19(26)22-17-6-5-13-27-17/h5-6,13-14H,2-4,7-12H2,1H3,(H,22,26). The van der Waals surface area contributed by atoms with Gasteiger partial charge in [-0.2, -0.15) is 4.98 Å². The molecule has 0 radical (unpaired) electrons. The van der Waals surface area contributed by atoms with Crippen molar-refractivity contribution >= 4 is 34.1 Å². The van der Waals surface area contributed by atoms with E-state index < -0.39 is 0 Å². The van der Waals surface area contributed by atoms with Crippen molar-refractivity contribution < 1.29 is 4.79 Å². The van der Waals surface area contributed by atoms with Crippen LogP contribution >= 0.6 is 11.3 Å². The van der Waals surface area contributed by atoms with Crippen LogP contribution in [0.2, 0.25) is 0 Å².